The number of hydrogen-bond acceptors (Lipinski definition) is 15. The molecule has 0 bridgehead atoms. The average molecular weight is 1020 g/mol. The number of hydrogen-bond donors (Lipinski definition) is 16. The minimum atomic E-state index is -1.77. The first-order valence-corrected chi connectivity index (χ1v) is 23.1. The summed E-state index contributed by atoms with van der Waals surface area (Å²) < 4.78 is 0. The van der Waals surface area contributed by atoms with Crippen LogP contribution in [-0.4, -0.2) is 166 Å². The van der Waals surface area contributed by atoms with Crippen LogP contribution in [0.15, 0.2) is 9.98 Å². The fourth-order valence-corrected chi connectivity index (χ4v) is 6.58. The number of carbonyl (C=O) groups excluding carboxylic acids is 9. The van der Waals surface area contributed by atoms with Crippen LogP contribution in [0.4, 0.5) is 0 Å². The monoisotopic (exact) mass is 1020 g/mol. The van der Waals surface area contributed by atoms with Crippen molar-refractivity contribution in [1.82, 2.24) is 37.2 Å². The van der Waals surface area contributed by atoms with Crippen molar-refractivity contribution in [3.63, 3.8) is 0 Å². The molecule has 30 nitrogen and oxygen atoms in total. The van der Waals surface area contributed by atoms with E-state index in [1.165, 1.54) is 11.8 Å². The van der Waals surface area contributed by atoms with Gasteiger partial charge in [-0.05, 0) is 69.8 Å². The number of amides is 9. The number of nitrogens with two attached hydrogens (primary N) is 6. The SMILES string of the molecule is CSCC[C@H](NC(=O)[C@H](CCC(=O)O)NC(=O)[C@H](CCC(=O)O)NC(=O)[C@H](CCC(=O)O)NC(C)=O)C(=O)N[C@@H](CCC(N)=O)C(=O)N[C@@H](CCCN=C(N)N)C(=O)N[C@@H](CCCN=C(N)N)C(N)=O. The summed E-state index contributed by atoms with van der Waals surface area (Å²) >= 11 is 1.23. The maximum Gasteiger partial charge on any atom is 0.303 e. The zero-order valence-electron chi connectivity index (χ0n) is 38.9. The van der Waals surface area contributed by atoms with E-state index in [4.69, 9.17) is 39.5 Å². The average Bonchev–Trinajstić information content (AvgIpc) is 3.26. The quantitative estimate of drug-likeness (QED) is 0.0156. The van der Waals surface area contributed by atoms with E-state index in [1.807, 2.05) is 0 Å². The molecule has 22 N–H and O–H groups in total. The second-order valence-corrected chi connectivity index (χ2v) is 16.5. The summed E-state index contributed by atoms with van der Waals surface area (Å²) in [7, 11) is 0. The number of rotatable bonds is 37. The molecule has 0 spiro atoms. The number of aliphatic imine (C=N–C) groups is 2. The van der Waals surface area contributed by atoms with Gasteiger partial charge in [0.1, 0.15) is 42.3 Å². The predicted molar refractivity (Wildman–Crippen MR) is 250 cm³/mol. The minimum Gasteiger partial charge on any atom is -0.481 e. The molecule has 0 unspecified atom stereocenters. The van der Waals surface area contributed by atoms with E-state index < -0.39 is 165 Å². The normalized spacial score (nSPS) is 13.6. The lowest BCUT2D eigenvalue weighted by molar-refractivity contribution is -0.140. The number of guanidine groups is 2. The number of carboxylic acid groups (broad SMARTS) is 3. The van der Waals surface area contributed by atoms with E-state index in [0.29, 0.717) is 0 Å². The topological polar surface area (TPSA) is 531 Å². The van der Waals surface area contributed by atoms with Gasteiger partial charge in [-0.2, -0.15) is 11.8 Å². The predicted octanol–water partition coefficient (Wildman–Crippen LogP) is -6.39. The van der Waals surface area contributed by atoms with Crippen LogP contribution in [0.3, 0.4) is 0 Å². The van der Waals surface area contributed by atoms with Gasteiger partial charge in [0.25, 0.3) is 0 Å². The van der Waals surface area contributed by atoms with Gasteiger partial charge in [-0.25, -0.2) is 0 Å². The maximum atomic E-state index is 14.0. The lowest BCUT2D eigenvalue weighted by Crippen LogP contribution is -2.60. The summed E-state index contributed by atoms with van der Waals surface area (Å²) in [6.07, 6.45) is -2.92. The molecular formula is C39H67N15O15S. The van der Waals surface area contributed by atoms with E-state index in [-0.39, 0.29) is 62.9 Å². The Hall–Kier alpha value is -7.47. The number of nitrogens with zero attached hydrogens (tertiary/aromatic N) is 2. The molecule has 0 saturated heterocycles. The van der Waals surface area contributed by atoms with Gasteiger partial charge >= 0.3 is 17.9 Å². The van der Waals surface area contributed by atoms with Crippen LogP contribution in [0.25, 0.3) is 0 Å². The van der Waals surface area contributed by atoms with Crippen molar-refractivity contribution in [1.29, 1.82) is 0 Å². The van der Waals surface area contributed by atoms with E-state index in [9.17, 15) is 67.7 Å². The van der Waals surface area contributed by atoms with Gasteiger partial charge in [0.2, 0.25) is 53.2 Å². The fourth-order valence-electron chi connectivity index (χ4n) is 6.11. The highest BCUT2D eigenvalue weighted by molar-refractivity contribution is 7.98. The molecule has 0 heterocycles. The summed E-state index contributed by atoms with van der Waals surface area (Å²) in [5.74, 6) is -13.4. The van der Waals surface area contributed by atoms with E-state index in [1.54, 1.807) is 6.26 Å². The highest BCUT2D eigenvalue weighted by Crippen LogP contribution is 2.10. The van der Waals surface area contributed by atoms with Gasteiger partial charge in [-0.3, -0.25) is 67.5 Å². The van der Waals surface area contributed by atoms with Gasteiger partial charge in [0.05, 0.1) is 0 Å². The molecule has 394 valence electrons. The maximum absolute atomic E-state index is 14.0. The zero-order valence-corrected chi connectivity index (χ0v) is 39.7. The van der Waals surface area contributed by atoms with Crippen molar-refractivity contribution in [2.24, 2.45) is 44.4 Å². The summed E-state index contributed by atoms with van der Waals surface area (Å²) in [4.78, 5) is 160. The lowest BCUT2D eigenvalue weighted by atomic mass is 10.0. The first-order valence-electron chi connectivity index (χ1n) is 21.7. The number of primary amides is 2. The summed E-state index contributed by atoms with van der Waals surface area (Å²) in [6, 6.07) is -10.8. The minimum absolute atomic E-state index is 0.00237. The second-order valence-electron chi connectivity index (χ2n) is 15.5. The number of thioether (sulfide) groups is 1. The van der Waals surface area contributed by atoms with Crippen molar-refractivity contribution >= 4 is 94.8 Å². The molecule has 0 fully saturated rings. The van der Waals surface area contributed by atoms with Crippen molar-refractivity contribution in [3.8, 4) is 0 Å². The first kappa shape index (κ1) is 62.5. The molecule has 0 saturated carbocycles. The second kappa shape index (κ2) is 33.9. The summed E-state index contributed by atoms with van der Waals surface area (Å²) in [6.45, 7) is 1.12. The molecule has 0 aromatic carbocycles. The first-order chi connectivity index (χ1) is 32.8. The van der Waals surface area contributed by atoms with Gasteiger partial charge in [-0.15, -0.1) is 0 Å². The van der Waals surface area contributed by atoms with Crippen LogP contribution in [0.1, 0.15) is 90.4 Å². The van der Waals surface area contributed by atoms with Crippen LogP contribution < -0.4 is 71.6 Å². The molecule has 0 aliphatic carbocycles. The van der Waals surface area contributed by atoms with E-state index >= 15 is 0 Å². The van der Waals surface area contributed by atoms with Crippen LogP contribution >= 0.6 is 11.8 Å². The Balaban J connectivity index is 6.76. The number of carbonyl (C=O) groups is 12. The third-order valence-electron chi connectivity index (χ3n) is 9.64. The Labute approximate surface area is 406 Å². The molecular weight excluding hydrogens is 951 g/mol. The Kier molecular flexibility index (Phi) is 30.3. The van der Waals surface area contributed by atoms with Gasteiger partial charge in [0.15, 0.2) is 11.9 Å². The molecule has 0 radical (unpaired) electrons. The van der Waals surface area contributed by atoms with Crippen molar-refractivity contribution in [3.05, 3.63) is 0 Å². The highest BCUT2D eigenvalue weighted by atomic mass is 32.2. The smallest absolute Gasteiger partial charge is 0.303 e. The largest absolute Gasteiger partial charge is 0.481 e. The van der Waals surface area contributed by atoms with Crippen LogP contribution in [0.2, 0.25) is 0 Å². The van der Waals surface area contributed by atoms with Crippen molar-refractivity contribution in [2.75, 3.05) is 25.1 Å². The molecule has 31 heteroatoms. The molecule has 0 aromatic rings. The van der Waals surface area contributed by atoms with Gasteiger partial charge < -0.3 is 86.9 Å². The molecule has 0 aromatic heterocycles. The fraction of sp³-hybridized carbons (Fsp3) is 0.641. The van der Waals surface area contributed by atoms with E-state index in [2.05, 4.69) is 47.2 Å². The Morgan fingerprint density at radius 2 is 0.714 bits per heavy atom. The Morgan fingerprint density at radius 3 is 1.00 bits per heavy atom. The molecule has 0 aliphatic rings. The molecule has 7 atom stereocenters. The summed E-state index contributed by atoms with van der Waals surface area (Å²) in [5.41, 5.74) is 32.3. The lowest BCUT2D eigenvalue weighted by Gasteiger charge is -2.27. The Bertz CT molecular complexity index is 1910. The third kappa shape index (κ3) is 28.6. The zero-order chi connectivity index (χ0) is 53.5. The standard InChI is InChI=1S/C39H67N15O15S/c1-19(55)48-22(8-12-28(57)58)33(65)52-24(9-13-29(59)60)35(67)53-25(10-14-30(61)62)36(68)54-26(15-18-70-2)37(69)51-23(7-11-27(40)56)34(66)50-21(6-4-17-47-39(44)45)32(64)49-20(31(41)63)5-3-16-46-38(42)43/h20-26H,3-18H2,1-2H3,(H2,40,56)(H2,41,63)(H,48,55)(H,49,64)(H,50,66)(H,51,69)(H,52,65)(H,53,67)(H,54,68)(H,57,58)(H,59,60)(H,61,62)(H4,42,43,46)(H4,44,45,47)/t20-,21-,22-,23-,24-,25-,26-/m0/s1. The molecule has 0 aliphatic heterocycles. The van der Waals surface area contributed by atoms with Crippen LogP contribution in [0.5, 0.6) is 0 Å². The number of aliphatic carboxylic acids is 3. The number of nitrogens with one attached hydrogen (secondary N) is 7. The van der Waals surface area contributed by atoms with Crippen molar-refractivity contribution < 1.29 is 72.9 Å². The number of carboxylic acids is 3. The Morgan fingerprint density at radius 1 is 0.429 bits per heavy atom. The van der Waals surface area contributed by atoms with Gasteiger partial charge in [0, 0.05) is 45.7 Å². The van der Waals surface area contributed by atoms with Crippen LogP contribution in [-0.2, 0) is 57.5 Å². The molecule has 9 amide bonds. The summed E-state index contributed by atoms with van der Waals surface area (Å²) in [5, 5.41) is 44.4. The molecule has 70 heavy (non-hydrogen) atoms. The highest BCUT2D eigenvalue weighted by Gasteiger charge is 2.34. The van der Waals surface area contributed by atoms with Gasteiger partial charge in [-0.1, -0.05) is 0 Å². The molecule has 0 rings (SSSR count). The van der Waals surface area contributed by atoms with Crippen LogP contribution in [0, 0.1) is 0 Å². The van der Waals surface area contributed by atoms with E-state index in [0.717, 1.165) is 6.92 Å². The third-order valence-corrected chi connectivity index (χ3v) is 10.3. The van der Waals surface area contributed by atoms with Crippen molar-refractivity contribution in [2.45, 2.75) is 133 Å².